The highest BCUT2D eigenvalue weighted by Gasteiger charge is 2.26. The van der Waals surface area contributed by atoms with Crippen molar-refractivity contribution in [2.75, 3.05) is 5.32 Å². The number of carbonyl (C=O) groups excluding carboxylic acids is 1. The first-order chi connectivity index (χ1) is 10.7. The predicted molar refractivity (Wildman–Crippen MR) is 82.7 cm³/mol. The molecule has 0 bridgehead atoms. The summed E-state index contributed by atoms with van der Waals surface area (Å²) in [5, 5.41) is 14.6. The molecule has 0 aliphatic heterocycles. The number of amides is 1. The van der Waals surface area contributed by atoms with Gasteiger partial charge in [-0.2, -0.15) is 5.26 Å². The third-order valence-corrected chi connectivity index (χ3v) is 4.25. The SMILES string of the molecule is N#CC(=Cc1csc(C2CC2)n1)C(=O)Nc1ccc(F)cc1. The maximum atomic E-state index is 12.8. The number of nitrogens with zero attached hydrogens (tertiary/aromatic N) is 2. The Morgan fingerprint density at radius 3 is 2.77 bits per heavy atom. The van der Waals surface area contributed by atoms with Crippen LogP contribution in [0.4, 0.5) is 10.1 Å². The zero-order chi connectivity index (χ0) is 15.5. The number of anilines is 1. The number of nitrogens with one attached hydrogen (secondary N) is 1. The van der Waals surface area contributed by atoms with Gasteiger partial charge in [0.15, 0.2) is 0 Å². The molecule has 3 rings (SSSR count). The molecule has 0 saturated heterocycles. The van der Waals surface area contributed by atoms with E-state index in [0.717, 1.165) is 17.8 Å². The lowest BCUT2D eigenvalue weighted by atomic mass is 10.2. The molecular weight excluding hydrogens is 301 g/mol. The highest BCUT2D eigenvalue weighted by Crippen LogP contribution is 2.41. The first kappa shape index (κ1) is 14.4. The second kappa shape index (κ2) is 6.08. The topological polar surface area (TPSA) is 65.8 Å². The molecule has 1 amide bonds. The van der Waals surface area contributed by atoms with Crippen molar-refractivity contribution in [2.45, 2.75) is 18.8 Å². The van der Waals surface area contributed by atoms with E-state index in [2.05, 4.69) is 10.3 Å². The number of halogens is 1. The van der Waals surface area contributed by atoms with Crippen LogP contribution in [0.25, 0.3) is 6.08 Å². The van der Waals surface area contributed by atoms with Crippen LogP contribution < -0.4 is 5.32 Å². The molecule has 0 radical (unpaired) electrons. The first-order valence-electron chi connectivity index (χ1n) is 6.80. The van der Waals surface area contributed by atoms with Gasteiger partial charge in [0.1, 0.15) is 17.5 Å². The molecule has 1 aromatic carbocycles. The van der Waals surface area contributed by atoms with Crippen molar-refractivity contribution in [1.29, 1.82) is 5.26 Å². The smallest absolute Gasteiger partial charge is 0.266 e. The number of hydrogen-bond donors (Lipinski definition) is 1. The largest absolute Gasteiger partial charge is 0.321 e. The first-order valence-corrected chi connectivity index (χ1v) is 7.68. The number of carbonyl (C=O) groups is 1. The Balaban J connectivity index is 1.74. The number of rotatable bonds is 4. The van der Waals surface area contributed by atoms with E-state index in [1.54, 1.807) is 11.3 Å². The van der Waals surface area contributed by atoms with Gasteiger partial charge in [0, 0.05) is 17.0 Å². The molecule has 0 unspecified atom stereocenters. The van der Waals surface area contributed by atoms with Gasteiger partial charge in [-0.1, -0.05) is 0 Å². The van der Waals surface area contributed by atoms with Crippen molar-refractivity contribution in [3.05, 3.63) is 51.7 Å². The molecule has 4 nitrogen and oxygen atoms in total. The van der Waals surface area contributed by atoms with Gasteiger partial charge in [-0.25, -0.2) is 9.37 Å². The molecule has 22 heavy (non-hydrogen) atoms. The fourth-order valence-electron chi connectivity index (χ4n) is 1.91. The van der Waals surface area contributed by atoms with Crippen LogP contribution in [0.1, 0.15) is 29.5 Å². The van der Waals surface area contributed by atoms with Crippen LogP contribution in [0.3, 0.4) is 0 Å². The van der Waals surface area contributed by atoms with Gasteiger partial charge >= 0.3 is 0 Å². The van der Waals surface area contributed by atoms with Gasteiger partial charge in [0.05, 0.1) is 10.7 Å². The minimum absolute atomic E-state index is 0.0306. The van der Waals surface area contributed by atoms with E-state index in [1.165, 1.54) is 30.3 Å². The third kappa shape index (κ3) is 3.38. The zero-order valence-electron chi connectivity index (χ0n) is 11.5. The van der Waals surface area contributed by atoms with Crippen LogP contribution in [-0.2, 0) is 4.79 Å². The average Bonchev–Trinajstić information content (AvgIpc) is 3.26. The summed E-state index contributed by atoms with van der Waals surface area (Å²) in [7, 11) is 0. The van der Waals surface area contributed by atoms with Gasteiger partial charge in [0.25, 0.3) is 5.91 Å². The molecular formula is C16H12FN3OS. The Morgan fingerprint density at radius 1 is 1.41 bits per heavy atom. The molecule has 2 aromatic rings. The molecule has 6 heteroatoms. The summed E-state index contributed by atoms with van der Waals surface area (Å²) in [6, 6.07) is 7.24. The Kier molecular flexibility index (Phi) is 3.98. The lowest BCUT2D eigenvalue weighted by Crippen LogP contribution is -2.13. The van der Waals surface area contributed by atoms with Crippen LogP contribution in [0.15, 0.2) is 35.2 Å². The van der Waals surface area contributed by atoms with E-state index >= 15 is 0 Å². The lowest BCUT2D eigenvalue weighted by molar-refractivity contribution is -0.112. The summed E-state index contributed by atoms with van der Waals surface area (Å²) in [6.07, 6.45) is 3.79. The highest BCUT2D eigenvalue weighted by molar-refractivity contribution is 7.09. The van der Waals surface area contributed by atoms with Gasteiger partial charge in [-0.3, -0.25) is 4.79 Å². The Morgan fingerprint density at radius 2 is 2.14 bits per heavy atom. The fraction of sp³-hybridized carbons (Fsp3) is 0.188. The molecule has 1 heterocycles. The van der Waals surface area contributed by atoms with E-state index in [-0.39, 0.29) is 11.4 Å². The van der Waals surface area contributed by atoms with E-state index in [1.807, 2.05) is 11.4 Å². The second-order valence-electron chi connectivity index (χ2n) is 5.02. The molecule has 1 aromatic heterocycles. The summed E-state index contributed by atoms with van der Waals surface area (Å²) in [6.45, 7) is 0. The third-order valence-electron chi connectivity index (χ3n) is 3.23. The molecule has 1 fully saturated rings. The van der Waals surface area contributed by atoms with Crippen LogP contribution >= 0.6 is 11.3 Å². The minimum atomic E-state index is -0.532. The number of hydrogen-bond acceptors (Lipinski definition) is 4. The Hall–Kier alpha value is -2.52. The normalized spacial score (nSPS) is 14.5. The van der Waals surface area contributed by atoms with Crippen molar-refractivity contribution in [2.24, 2.45) is 0 Å². The molecule has 1 aliphatic carbocycles. The summed E-state index contributed by atoms with van der Waals surface area (Å²) in [4.78, 5) is 16.5. The summed E-state index contributed by atoms with van der Waals surface area (Å²) >= 11 is 1.55. The number of benzene rings is 1. The van der Waals surface area contributed by atoms with Gasteiger partial charge in [-0.05, 0) is 43.2 Å². The van der Waals surface area contributed by atoms with Crippen LogP contribution in [0.5, 0.6) is 0 Å². The number of aromatic nitrogens is 1. The summed E-state index contributed by atoms with van der Waals surface area (Å²) in [5.74, 6) is -0.370. The van der Waals surface area contributed by atoms with Crippen LogP contribution in [0.2, 0.25) is 0 Å². The Labute approximate surface area is 130 Å². The molecule has 0 spiro atoms. The van der Waals surface area contributed by atoms with E-state index in [0.29, 0.717) is 17.3 Å². The predicted octanol–water partition coefficient (Wildman–Crippen LogP) is 3.71. The van der Waals surface area contributed by atoms with Gasteiger partial charge in [-0.15, -0.1) is 11.3 Å². The zero-order valence-corrected chi connectivity index (χ0v) is 12.4. The highest BCUT2D eigenvalue weighted by atomic mass is 32.1. The van der Waals surface area contributed by atoms with Crippen molar-refractivity contribution < 1.29 is 9.18 Å². The maximum absolute atomic E-state index is 12.8. The number of nitriles is 1. The molecule has 1 saturated carbocycles. The summed E-state index contributed by atoms with van der Waals surface area (Å²) < 4.78 is 12.8. The van der Waals surface area contributed by atoms with Crippen molar-refractivity contribution in [3.63, 3.8) is 0 Å². The number of thiazole rings is 1. The molecule has 1 N–H and O–H groups in total. The molecule has 110 valence electrons. The van der Waals surface area contributed by atoms with Crippen LogP contribution in [0, 0.1) is 17.1 Å². The average molecular weight is 313 g/mol. The standard InChI is InChI=1S/C16H12FN3OS/c17-12-3-5-13(6-4-12)19-15(21)11(8-18)7-14-9-22-16(20-14)10-1-2-10/h3-7,9-10H,1-2H2,(H,19,21). The fourth-order valence-corrected chi connectivity index (χ4v) is 2.86. The van der Waals surface area contributed by atoms with Crippen molar-refractivity contribution in [1.82, 2.24) is 4.98 Å². The minimum Gasteiger partial charge on any atom is -0.321 e. The van der Waals surface area contributed by atoms with Gasteiger partial charge in [0.2, 0.25) is 0 Å². The van der Waals surface area contributed by atoms with Crippen molar-refractivity contribution >= 4 is 29.0 Å². The summed E-state index contributed by atoms with van der Waals surface area (Å²) in [5.41, 5.74) is 1.03. The van der Waals surface area contributed by atoms with Gasteiger partial charge < -0.3 is 5.32 Å². The van der Waals surface area contributed by atoms with E-state index < -0.39 is 5.91 Å². The van der Waals surface area contributed by atoms with Crippen LogP contribution in [-0.4, -0.2) is 10.9 Å². The molecule has 0 atom stereocenters. The van der Waals surface area contributed by atoms with E-state index in [4.69, 9.17) is 5.26 Å². The lowest BCUT2D eigenvalue weighted by Gasteiger charge is -2.03. The quantitative estimate of drug-likeness (QED) is 0.691. The monoisotopic (exact) mass is 313 g/mol. The molecule has 1 aliphatic rings. The van der Waals surface area contributed by atoms with E-state index in [9.17, 15) is 9.18 Å². The maximum Gasteiger partial charge on any atom is 0.266 e. The van der Waals surface area contributed by atoms with Crippen molar-refractivity contribution in [3.8, 4) is 6.07 Å². The Bertz CT molecular complexity index is 769. The second-order valence-corrected chi connectivity index (χ2v) is 5.91.